The van der Waals surface area contributed by atoms with Gasteiger partial charge in [0.05, 0.1) is 6.54 Å². The molecule has 0 fully saturated rings. The first-order valence-corrected chi connectivity index (χ1v) is 6.32. The summed E-state index contributed by atoms with van der Waals surface area (Å²) in [5.74, 6) is 2.71. The molecule has 0 bridgehead atoms. The van der Waals surface area contributed by atoms with Crippen LogP contribution in [-0.4, -0.2) is 33.7 Å². The van der Waals surface area contributed by atoms with Gasteiger partial charge in [-0.3, -0.25) is 0 Å². The summed E-state index contributed by atoms with van der Waals surface area (Å²) in [6.45, 7) is 5.34. The first-order valence-electron chi connectivity index (χ1n) is 6.32. The van der Waals surface area contributed by atoms with E-state index in [0.29, 0.717) is 24.2 Å². The SMILES string of the molecule is CCNc1ccnc(N(C)Cc2noc(CC)n2)n1. The van der Waals surface area contributed by atoms with Gasteiger partial charge in [-0.1, -0.05) is 12.1 Å². The quantitative estimate of drug-likeness (QED) is 0.844. The molecule has 2 rings (SSSR count). The van der Waals surface area contributed by atoms with Crippen LogP contribution in [0.5, 0.6) is 0 Å². The largest absolute Gasteiger partial charge is 0.370 e. The van der Waals surface area contributed by atoms with Gasteiger partial charge < -0.3 is 14.7 Å². The van der Waals surface area contributed by atoms with Crippen molar-refractivity contribution in [3.63, 3.8) is 0 Å². The van der Waals surface area contributed by atoms with E-state index in [0.717, 1.165) is 18.8 Å². The van der Waals surface area contributed by atoms with E-state index >= 15 is 0 Å². The highest BCUT2D eigenvalue weighted by Crippen LogP contribution is 2.11. The highest BCUT2D eigenvalue weighted by Gasteiger charge is 2.10. The average Bonchev–Trinajstić information content (AvgIpc) is 2.87. The summed E-state index contributed by atoms with van der Waals surface area (Å²) in [5.41, 5.74) is 0. The second kappa shape index (κ2) is 6.12. The third kappa shape index (κ3) is 3.40. The lowest BCUT2D eigenvalue weighted by molar-refractivity contribution is 0.376. The monoisotopic (exact) mass is 262 g/mol. The van der Waals surface area contributed by atoms with Crippen molar-refractivity contribution < 1.29 is 4.52 Å². The Morgan fingerprint density at radius 1 is 1.32 bits per heavy atom. The third-order valence-corrected chi connectivity index (χ3v) is 2.53. The molecule has 2 heterocycles. The molecular formula is C12H18N6O. The topological polar surface area (TPSA) is 80.0 Å². The zero-order chi connectivity index (χ0) is 13.7. The first-order chi connectivity index (χ1) is 9.22. The fourth-order valence-electron chi connectivity index (χ4n) is 1.59. The third-order valence-electron chi connectivity index (χ3n) is 2.53. The summed E-state index contributed by atoms with van der Waals surface area (Å²) in [5, 5.41) is 7.06. The Bertz CT molecular complexity index is 526. The number of nitrogens with one attached hydrogen (secondary N) is 1. The van der Waals surface area contributed by atoms with Crippen molar-refractivity contribution in [2.45, 2.75) is 26.8 Å². The van der Waals surface area contributed by atoms with Crippen molar-refractivity contribution in [2.24, 2.45) is 0 Å². The van der Waals surface area contributed by atoms with E-state index in [9.17, 15) is 0 Å². The van der Waals surface area contributed by atoms with E-state index in [-0.39, 0.29) is 0 Å². The standard InChI is InChI=1S/C12H18N6O/c1-4-11-15-10(17-19-11)8-18(3)12-14-7-6-9(16-12)13-5-2/h6-7H,4-5,8H2,1-3H3,(H,13,14,16). The fraction of sp³-hybridized carbons (Fsp3) is 0.500. The van der Waals surface area contributed by atoms with Gasteiger partial charge in [-0.25, -0.2) is 4.98 Å². The lowest BCUT2D eigenvalue weighted by atomic mass is 10.5. The molecule has 0 aliphatic heterocycles. The Labute approximate surface area is 112 Å². The second-order valence-electron chi connectivity index (χ2n) is 4.09. The number of anilines is 2. The first kappa shape index (κ1) is 13.3. The smallest absolute Gasteiger partial charge is 0.227 e. The van der Waals surface area contributed by atoms with Crippen molar-refractivity contribution in [1.29, 1.82) is 0 Å². The Morgan fingerprint density at radius 3 is 2.84 bits per heavy atom. The predicted molar refractivity (Wildman–Crippen MR) is 72.0 cm³/mol. The van der Waals surface area contributed by atoms with Gasteiger partial charge in [0.15, 0.2) is 5.82 Å². The molecule has 0 unspecified atom stereocenters. The zero-order valence-electron chi connectivity index (χ0n) is 11.4. The summed E-state index contributed by atoms with van der Waals surface area (Å²) in [6, 6.07) is 1.84. The minimum Gasteiger partial charge on any atom is -0.370 e. The van der Waals surface area contributed by atoms with Crippen LogP contribution in [0.1, 0.15) is 25.6 Å². The van der Waals surface area contributed by atoms with Gasteiger partial charge in [-0.2, -0.15) is 9.97 Å². The van der Waals surface area contributed by atoms with Crippen LogP contribution in [-0.2, 0) is 13.0 Å². The van der Waals surface area contributed by atoms with Gasteiger partial charge in [0.25, 0.3) is 0 Å². The van der Waals surface area contributed by atoms with Crippen molar-refractivity contribution in [2.75, 3.05) is 23.8 Å². The normalized spacial score (nSPS) is 10.5. The molecule has 0 spiro atoms. The van der Waals surface area contributed by atoms with Crippen LogP contribution >= 0.6 is 0 Å². The molecule has 1 N–H and O–H groups in total. The highest BCUT2D eigenvalue weighted by atomic mass is 16.5. The summed E-state index contributed by atoms with van der Waals surface area (Å²) in [4.78, 5) is 14.8. The molecule has 0 aliphatic rings. The number of nitrogens with zero attached hydrogens (tertiary/aromatic N) is 5. The minimum absolute atomic E-state index is 0.513. The van der Waals surface area contributed by atoms with Crippen LogP contribution in [0, 0.1) is 0 Å². The molecule has 0 saturated carbocycles. The number of rotatable bonds is 6. The summed E-state index contributed by atoms with van der Waals surface area (Å²) >= 11 is 0. The molecule has 2 aromatic rings. The Balaban J connectivity index is 2.06. The molecule has 0 saturated heterocycles. The summed E-state index contributed by atoms with van der Waals surface area (Å²) in [7, 11) is 1.90. The Morgan fingerprint density at radius 2 is 2.16 bits per heavy atom. The lowest BCUT2D eigenvalue weighted by Crippen LogP contribution is -2.20. The Hall–Kier alpha value is -2.18. The van der Waals surface area contributed by atoms with Crippen LogP contribution in [0.2, 0.25) is 0 Å². The number of hydrogen-bond acceptors (Lipinski definition) is 7. The van der Waals surface area contributed by atoms with E-state index < -0.39 is 0 Å². The van der Waals surface area contributed by atoms with E-state index in [4.69, 9.17) is 4.52 Å². The highest BCUT2D eigenvalue weighted by molar-refractivity contribution is 5.40. The molecule has 19 heavy (non-hydrogen) atoms. The summed E-state index contributed by atoms with van der Waals surface area (Å²) in [6.07, 6.45) is 2.47. The number of aryl methyl sites for hydroxylation is 1. The van der Waals surface area contributed by atoms with E-state index in [1.54, 1.807) is 6.20 Å². The molecule has 102 valence electrons. The molecule has 0 aliphatic carbocycles. The number of aromatic nitrogens is 4. The lowest BCUT2D eigenvalue weighted by Gasteiger charge is -2.15. The van der Waals surface area contributed by atoms with Gasteiger partial charge in [0, 0.05) is 26.2 Å². The van der Waals surface area contributed by atoms with E-state index in [1.807, 2.05) is 31.9 Å². The molecule has 0 amide bonds. The number of hydrogen-bond donors (Lipinski definition) is 1. The molecule has 7 heteroatoms. The maximum atomic E-state index is 5.07. The zero-order valence-corrected chi connectivity index (χ0v) is 11.4. The van der Waals surface area contributed by atoms with Crippen LogP contribution in [0.4, 0.5) is 11.8 Å². The van der Waals surface area contributed by atoms with Crippen LogP contribution in [0.15, 0.2) is 16.8 Å². The van der Waals surface area contributed by atoms with Gasteiger partial charge in [0.2, 0.25) is 11.8 Å². The van der Waals surface area contributed by atoms with Crippen LogP contribution in [0.3, 0.4) is 0 Å². The van der Waals surface area contributed by atoms with Crippen LogP contribution in [0.25, 0.3) is 0 Å². The van der Waals surface area contributed by atoms with Crippen molar-refractivity contribution >= 4 is 11.8 Å². The van der Waals surface area contributed by atoms with Crippen molar-refractivity contribution in [1.82, 2.24) is 20.1 Å². The van der Waals surface area contributed by atoms with Gasteiger partial charge in [-0.15, -0.1) is 0 Å². The van der Waals surface area contributed by atoms with E-state index in [2.05, 4.69) is 25.4 Å². The fourth-order valence-corrected chi connectivity index (χ4v) is 1.59. The van der Waals surface area contributed by atoms with Crippen molar-refractivity contribution in [3.05, 3.63) is 24.0 Å². The average molecular weight is 262 g/mol. The van der Waals surface area contributed by atoms with Gasteiger partial charge in [-0.05, 0) is 13.0 Å². The Kier molecular flexibility index (Phi) is 4.27. The van der Waals surface area contributed by atoms with Crippen molar-refractivity contribution in [3.8, 4) is 0 Å². The predicted octanol–water partition coefficient (Wildman–Crippen LogP) is 1.49. The second-order valence-corrected chi connectivity index (χ2v) is 4.09. The molecule has 0 atom stereocenters. The maximum Gasteiger partial charge on any atom is 0.227 e. The summed E-state index contributed by atoms with van der Waals surface area (Å²) < 4.78 is 5.07. The van der Waals surface area contributed by atoms with E-state index in [1.165, 1.54) is 0 Å². The molecule has 0 radical (unpaired) electrons. The minimum atomic E-state index is 0.513. The van der Waals surface area contributed by atoms with Gasteiger partial charge >= 0.3 is 0 Å². The van der Waals surface area contributed by atoms with Crippen LogP contribution < -0.4 is 10.2 Å². The maximum absolute atomic E-state index is 5.07. The molecular weight excluding hydrogens is 244 g/mol. The van der Waals surface area contributed by atoms with Gasteiger partial charge in [0.1, 0.15) is 5.82 Å². The molecule has 0 aromatic carbocycles. The molecule has 2 aromatic heterocycles. The molecule has 7 nitrogen and oxygen atoms in total.